The van der Waals surface area contributed by atoms with E-state index in [-0.39, 0.29) is 70.6 Å². The number of carbonyl (C=O) groups excluding carboxylic acids is 2. The second-order valence-electron chi connectivity index (χ2n) is 27.1. The van der Waals surface area contributed by atoms with Gasteiger partial charge >= 0.3 is 16.1 Å². The molecule has 4 aliphatic carbocycles. The number of unbranched alkanes of at least 4 members (excludes halogenated alkanes) is 1. The van der Waals surface area contributed by atoms with Crippen molar-refractivity contribution in [2.24, 2.45) is 5.14 Å². The number of nitrogens with two attached hydrogens (primary N) is 2. The third-order valence-corrected chi connectivity index (χ3v) is 25.0. The molecule has 0 bridgehead atoms. The van der Waals surface area contributed by atoms with Gasteiger partial charge in [-0.2, -0.15) is 33.9 Å². The number of hydrogen-bond acceptors (Lipinski definition) is 22. The number of carbonyl (C=O) groups is 2. The van der Waals surface area contributed by atoms with E-state index in [4.69, 9.17) is 73.5 Å². The van der Waals surface area contributed by atoms with Crippen LogP contribution in [0.3, 0.4) is 0 Å². The van der Waals surface area contributed by atoms with E-state index in [1.165, 1.54) is 142 Å². The number of nitrogen functional groups attached to an aromatic ring is 1. The van der Waals surface area contributed by atoms with Crippen LogP contribution < -0.4 is 60.2 Å². The molecule has 113 heavy (non-hydrogen) atoms. The van der Waals surface area contributed by atoms with E-state index in [2.05, 4.69) is 101 Å². The highest BCUT2D eigenvalue weighted by atomic mass is 79.9. The summed E-state index contributed by atoms with van der Waals surface area (Å²) in [4.78, 5) is 22.4. The van der Waals surface area contributed by atoms with Crippen molar-refractivity contribution in [2.45, 2.75) is 195 Å². The third kappa shape index (κ3) is 23.8. The van der Waals surface area contributed by atoms with E-state index in [0.29, 0.717) is 46.0 Å². The summed E-state index contributed by atoms with van der Waals surface area (Å²) in [6, 6.07) is 8.53. The summed E-state index contributed by atoms with van der Waals surface area (Å²) >= 11 is 27.8. The zero-order valence-corrected chi connectivity index (χ0v) is 71.9. The Hall–Kier alpha value is -7.17. The molecule has 0 atom stereocenters. The fourth-order valence-corrected chi connectivity index (χ4v) is 18.6. The number of ether oxygens (including phenoxy) is 5. The molecule has 18 rings (SSSR count). The summed E-state index contributed by atoms with van der Waals surface area (Å²) in [5.41, 5.74) is 19.0. The first kappa shape index (κ1) is 89.8. The van der Waals surface area contributed by atoms with Crippen LogP contribution in [0.25, 0.3) is 0 Å². The Morgan fingerprint density at radius 3 is 1.48 bits per heavy atom. The van der Waals surface area contributed by atoms with Crippen molar-refractivity contribution in [3.63, 3.8) is 0 Å². The molecule has 0 saturated carbocycles. The number of ketones is 1. The number of rotatable bonds is 10. The molecule has 2 amide bonds. The second-order valence-corrected chi connectivity index (χ2v) is 35.4. The summed E-state index contributed by atoms with van der Waals surface area (Å²) in [6.45, 7) is 7.31. The number of sulfonamides is 2. The van der Waals surface area contributed by atoms with Gasteiger partial charge in [-0.25, -0.2) is 54.9 Å². The van der Waals surface area contributed by atoms with E-state index in [0.717, 1.165) is 166 Å². The SMILES string of the molecule is BrCCCCBr.Brc1cnn2c1OCCCC2.N.NS(=O)(=O)c1cnn2c1OCCCC2.Nc1c2c(cc3c1CCC3)CCC2.O.O=C(Nc1c2c(cc3c1CCC3)CCC2)NS(=O)(=O)c1cnn2c1OCCC2.O=C1C=CNC1.O=S(=O)(Oc1c(Cl)cc(Cl)cc1Cl)c1cnn2c1OCCCC2.c1cc2n(n1)CCCCO2. The van der Waals surface area contributed by atoms with E-state index in [1.807, 2.05) is 15.4 Å². The molecule has 6 aliphatic heterocycles. The molecule has 8 aromatic rings. The maximum Gasteiger partial charge on any atom is 0.346 e. The number of aromatic nitrogens is 10. The van der Waals surface area contributed by atoms with Crippen molar-refractivity contribution < 1.29 is 68.2 Å². The summed E-state index contributed by atoms with van der Waals surface area (Å²) in [7, 11) is -12.0. The van der Waals surface area contributed by atoms with E-state index < -0.39 is 36.2 Å². The fourth-order valence-electron chi connectivity index (χ4n) is 13.8. The normalized spacial score (nSPS) is 16.2. The Morgan fingerprint density at radius 1 is 0.549 bits per heavy atom. The average Bonchev–Trinajstić information content (AvgIpc) is 1.62. The lowest BCUT2D eigenvalue weighted by Crippen LogP contribution is -2.35. The first-order valence-electron chi connectivity index (χ1n) is 37.1. The monoisotopic (exact) mass is 1870 g/mol. The van der Waals surface area contributed by atoms with Crippen LogP contribution in [0, 0.1) is 0 Å². The molecule has 5 aromatic heterocycles. The Bertz CT molecular complexity index is 4850. The average molecular weight is 1880 g/mol. The summed E-state index contributed by atoms with van der Waals surface area (Å²) in [6.07, 6.45) is 35.3. The van der Waals surface area contributed by atoms with Crippen molar-refractivity contribution in [2.75, 3.05) is 61.3 Å². The number of hydrogen-bond donors (Lipinski definition) is 6. The lowest BCUT2D eigenvalue weighted by molar-refractivity contribution is -0.113. The highest BCUT2D eigenvalue weighted by Gasteiger charge is 2.33. The number of anilines is 2. The van der Waals surface area contributed by atoms with Crippen LogP contribution in [0.15, 0.2) is 92.8 Å². The quantitative estimate of drug-likeness (QED) is 0.0320. The lowest BCUT2D eigenvalue weighted by Gasteiger charge is -2.17. The van der Waals surface area contributed by atoms with Crippen LogP contribution in [-0.2, 0) is 119 Å². The highest BCUT2D eigenvalue weighted by molar-refractivity contribution is 9.10. The molecular weight excluding hydrogens is 1780 g/mol. The van der Waals surface area contributed by atoms with Gasteiger partial charge < -0.3 is 55.9 Å². The Balaban J connectivity index is 0.000000155. The number of primary sulfonamides is 1. The van der Waals surface area contributed by atoms with Crippen molar-refractivity contribution in [1.29, 1.82) is 0 Å². The topological polar surface area (TPSA) is 436 Å². The van der Waals surface area contributed by atoms with Gasteiger partial charge in [0.2, 0.25) is 39.4 Å². The molecule has 40 heteroatoms. The van der Waals surface area contributed by atoms with E-state index in [1.54, 1.807) is 18.6 Å². The van der Waals surface area contributed by atoms with Crippen molar-refractivity contribution in [3.8, 4) is 35.1 Å². The molecule has 0 unspecified atom stereocenters. The number of nitrogens with zero attached hydrogens (tertiary/aromatic N) is 10. The minimum Gasteiger partial charge on any atom is -0.478 e. The van der Waals surface area contributed by atoms with Crippen LogP contribution in [0.4, 0.5) is 16.2 Å². The largest absolute Gasteiger partial charge is 0.478 e. The number of benzene rings is 3. The van der Waals surface area contributed by atoms with Crippen LogP contribution in [0.2, 0.25) is 15.1 Å². The zero-order valence-electron chi connectivity index (χ0n) is 62.4. The molecule has 31 nitrogen and oxygen atoms in total. The summed E-state index contributed by atoms with van der Waals surface area (Å²) in [5, 5.41) is 33.4. The lowest BCUT2D eigenvalue weighted by atomic mass is 9.99. The van der Waals surface area contributed by atoms with Gasteiger partial charge in [0, 0.05) is 78.5 Å². The van der Waals surface area contributed by atoms with E-state index in [9.17, 15) is 34.8 Å². The zero-order chi connectivity index (χ0) is 78.7. The van der Waals surface area contributed by atoms with Gasteiger partial charge in [0.15, 0.2) is 26.2 Å². The molecule has 0 saturated heterocycles. The second kappa shape index (κ2) is 42.6. The van der Waals surface area contributed by atoms with Gasteiger partial charge in [0.05, 0.1) is 85.1 Å². The number of nitrogens with one attached hydrogen (secondary N) is 3. The number of halogens is 6. The molecule has 0 fully saturated rings. The van der Waals surface area contributed by atoms with Gasteiger partial charge in [0.25, 0.3) is 10.0 Å². The Labute approximate surface area is 698 Å². The standard InChI is InChI=1S/C19H22N4O4S.C13H11Cl3N2O4S.C12H15N.C7H9BrN2O.C7H11N3O3S.C7H10N2O.C4H8Br2.C4H5NO.H3N.H2O/c24-19(22-28(25,26)16-11-20-23-8-3-9-27-18(16)23)21-17-14-6-1-4-12(14)10-13-5-2-7-15(13)17;14-8-5-9(15)12(10(16)6-8)22-23(19,20)11-7-17-18-3-1-2-4-21-13(11)18;13-12-10-5-1-3-8(10)7-9-4-2-6-11(9)12;8-6-5-9-10-3-1-2-4-11-7(6)10;8-14(11,12)6-5-9-10-3-1-2-4-13-7(6)10;1-2-6-10-7-3-4-8-9(7)5-1;5-3-1-2-4-6;6-4-1-2-5-3-4;;/h10-11H,1-9H2,(H2,21,22,24);5-7H,1-4H2;7H,1-6,13H2;5H,1-4H2;5H,1-4H2,(H2,8,11,12);3-4H,1-2,5-6H2;1-4H2;1-2,5H,3H2;1H3;1H2. The smallest absolute Gasteiger partial charge is 0.346 e. The van der Waals surface area contributed by atoms with Gasteiger partial charge in [-0.05, 0) is 220 Å². The maximum absolute atomic E-state index is 12.7. The molecule has 3 aromatic carbocycles. The minimum absolute atomic E-state index is 0. The van der Waals surface area contributed by atoms with Crippen molar-refractivity contribution in [3.05, 3.63) is 138 Å². The highest BCUT2D eigenvalue weighted by Crippen LogP contribution is 2.42. The Morgan fingerprint density at radius 2 is 0.982 bits per heavy atom. The van der Waals surface area contributed by atoms with E-state index >= 15 is 0 Å². The summed E-state index contributed by atoms with van der Waals surface area (Å²) in [5.74, 6) is 2.38. The molecule has 12 N–H and O–H groups in total. The molecule has 11 heterocycles. The van der Waals surface area contributed by atoms with Crippen molar-refractivity contribution in [1.82, 2.24) is 65.1 Å². The van der Waals surface area contributed by atoms with Crippen LogP contribution in [0.1, 0.15) is 141 Å². The molecule has 10 aliphatic rings. The van der Waals surface area contributed by atoms with Crippen LogP contribution in [0.5, 0.6) is 35.1 Å². The molecule has 0 spiro atoms. The predicted octanol–water partition coefficient (Wildman–Crippen LogP) is 12.3. The first-order valence-corrected chi connectivity index (χ1v) is 45.8. The van der Waals surface area contributed by atoms with Gasteiger partial charge in [-0.15, -0.1) is 0 Å². The Kier molecular flexibility index (Phi) is 33.9. The number of fused-ring (bicyclic) bond motifs is 9. The summed E-state index contributed by atoms with van der Waals surface area (Å²) < 4.78 is 116. The maximum atomic E-state index is 12.7. The number of amides is 2. The van der Waals surface area contributed by atoms with Gasteiger partial charge in [-0.3, -0.25) is 4.79 Å². The predicted molar refractivity (Wildman–Crippen MR) is 441 cm³/mol. The molecular formula is C73H96Br3Cl3N16O15S3. The number of aryl methyl sites for hydroxylation is 9. The third-order valence-electron chi connectivity index (χ3n) is 19.1. The molecule has 0 radical (unpaired) electrons. The van der Waals surface area contributed by atoms with Gasteiger partial charge in [0.1, 0.15) is 0 Å². The number of urea groups is 1. The fraction of sp³-hybridized carbons (Fsp3) is 0.493. The van der Waals surface area contributed by atoms with Crippen LogP contribution >= 0.6 is 82.6 Å². The first-order chi connectivity index (χ1) is 53.5. The van der Waals surface area contributed by atoms with Crippen LogP contribution in [-0.4, -0.2) is 142 Å². The minimum atomic E-state index is -4.21. The molecule has 618 valence electrons. The van der Waals surface area contributed by atoms with Crippen molar-refractivity contribution >= 4 is 136 Å². The van der Waals surface area contributed by atoms with Gasteiger partial charge in [-0.1, -0.05) is 78.8 Å². The number of alkyl halides is 2.